The second-order valence-corrected chi connectivity index (χ2v) is 4.96. The summed E-state index contributed by atoms with van der Waals surface area (Å²) < 4.78 is 5.17. The molecular formula is C17H20N2O2. The number of amides is 1. The molecule has 1 aromatic carbocycles. The molecule has 4 nitrogen and oxygen atoms in total. The average Bonchev–Trinajstić information content (AvgIpc) is 2.54. The molecule has 1 unspecified atom stereocenters. The highest BCUT2D eigenvalue weighted by Gasteiger charge is 2.11. The Hall–Kier alpha value is -2.36. The van der Waals surface area contributed by atoms with Gasteiger partial charge in [0.05, 0.1) is 7.11 Å². The monoisotopic (exact) mass is 284 g/mol. The van der Waals surface area contributed by atoms with Gasteiger partial charge in [-0.3, -0.25) is 4.79 Å². The minimum atomic E-state index is 0.0252. The van der Waals surface area contributed by atoms with Gasteiger partial charge in [-0.1, -0.05) is 43.3 Å². The van der Waals surface area contributed by atoms with Crippen molar-refractivity contribution in [2.45, 2.75) is 25.8 Å². The smallest absolute Gasteiger partial charge is 0.220 e. The molecule has 0 fully saturated rings. The van der Waals surface area contributed by atoms with E-state index >= 15 is 0 Å². The highest BCUT2D eigenvalue weighted by Crippen LogP contribution is 2.18. The predicted molar refractivity (Wildman–Crippen MR) is 82.1 cm³/mol. The number of hydrogen-bond acceptors (Lipinski definition) is 3. The number of nitrogens with zero attached hydrogens (tertiary/aromatic N) is 1. The van der Waals surface area contributed by atoms with Crippen molar-refractivity contribution < 1.29 is 9.53 Å². The van der Waals surface area contributed by atoms with E-state index in [1.165, 1.54) is 5.56 Å². The Balaban J connectivity index is 1.88. The van der Waals surface area contributed by atoms with E-state index in [0.717, 1.165) is 5.56 Å². The molecule has 0 radical (unpaired) electrons. The number of rotatable bonds is 6. The lowest BCUT2D eigenvalue weighted by Gasteiger charge is -2.12. The first kappa shape index (κ1) is 15.0. The number of ether oxygens (including phenoxy) is 1. The first-order valence-corrected chi connectivity index (χ1v) is 7.00. The fraction of sp³-hybridized carbons (Fsp3) is 0.294. The number of benzene rings is 1. The minimum absolute atomic E-state index is 0.0252. The van der Waals surface area contributed by atoms with Crippen molar-refractivity contribution in [1.29, 1.82) is 0 Å². The van der Waals surface area contributed by atoms with E-state index in [9.17, 15) is 4.79 Å². The maximum atomic E-state index is 12.0. The third kappa shape index (κ3) is 4.31. The standard InChI is InChI=1S/C17H20N2O2/c1-13(14-7-4-3-5-8-14)11-16(20)19-12-15-9-6-10-18-17(15)21-2/h3-10,13H,11-12H2,1-2H3,(H,19,20). The lowest BCUT2D eigenvalue weighted by molar-refractivity contribution is -0.121. The van der Waals surface area contributed by atoms with E-state index in [1.54, 1.807) is 13.3 Å². The van der Waals surface area contributed by atoms with Crippen LogP contribution in [0, 0.1) is 0 Å². The summed E-state index contributed by atoms with van der Waals surface area (Å²) in [4.78, 5) is 16.1. The number of pyridine rings is 1. The van der Waals surface area contributed by atoms with Gasteiger partial charge in [-0.15, -0.1) is 0 Å². The summed E-state index contributed by atoms with van der Waals surface area (Å²) in [5, 5.41) is 2.92. The van der Waals surface area contributed by atoms with E-state index in [1.807, 2.05) is 42.5 Å². The van der Waals surface area contributed by atoms with Crippen LogP contribution >= 0.6 is 0 Å². The zero-order valence-electron chi connectivity index (χ0n) is 12.4. The summed E-state index contributed by atoms with van der Waals surface area (Å²) >= 11 is 0. The zero-order valence-corrected chi connectivity index (χ0v) is 12.4. The van der Waals surface area contributed by atoms with Gasteiger partial charge in [0.1, 0.15) is 0 Å². The largest absolute Gasteiger partial charge is 0.481 e. The highest BCUT2D eigenvalue weighted by atomic mass is 16.5. The van der Waals surface area contributed by atoms with Gasteiger partial charge < -0.3 is 10.1 Å². The number of nitrogens with one attached hydrogen (secondary N) is 1. The van der Waals surface area contributed by atoms with Gasteiger partial charge in [-0.05, 0) is 17.5 Å². The predicted octanol–water partition coefficient (Wildman–Crippen LogP) is 2.90. The number of methoxy groups -OCH3 is 1. The van der Waals surface area contributed by atoms with E-state index in [-0.39, 0.29) is 11.8 Å². The second kappa shape index (κ2) is 7.43. The normalized spacial score (nSPS) is 11.7. The molecule has 0 aliphatic carbocycles. The molecule has 2 rings (SSSR count). The maximum Gasteiger partial charge on any atom is 0.220 e. The van der Waals surface area contributed by atoms with Crippen LogP contribution in [0.2, 0.25) is 0 Å². The maximum absolute atomic E-state index is 12.0. The van der Waals surface area contributed by atoms with Crippen LogP contribution in [0.4, 0.5) is 0 Å². The summed E-state index contributed by atoms with van der Waals surface area (Å²) in [6.07, 6.45) is 2.13. The van der Waals surface area contributed by atoms with Gasteiger partial charge in [0.2, 0.25) is 11.8 Å². The topological polar surface area (TPSA) is 51.2 Å². The Labute approximate surface area is 125 Å². The van der Waals surface area contributed by atoms with E-state index in [0.29, 0.717) is 18.8 Å². The summed E-state index contributed by atoms with van der Waals surface area (Å²) in [6, 6.07) is 13.8. The van der Waals surface area contributed by atoms with Crippen molar-refractivity contribution in [1.82, 2.24) is 10.3 Å². The van der Waals surface area contributed by atoms with Crippen molar-refractivity contribution in [2.75, 3.05) is 7.11 Å². The molecule has 1 N–H and O–H groups in total. The summed E-state index contributed by atoms with van der Waals surface area (Å²) in [6.45, 7) is 2.48. The SMILES string of the molecule is COc1ncccc1CNC(=O)CC(C)c1ccccc1. The summed E-state index contributed by atoms with van der Waals surface area (Å²) in [7, 11) is 1.57. The molecule has 4 heteroatoms. The molecule has 1 aromatic heterocycles. The van der Waals surface area contributed by atoms with Crippen LogP contribution in [0.5, 0.6) is 5.88 Å². The van der Waals surface area contributed by atoms with E-state index in [4.69, 9.17) is 4.74 Å². The highest BCUT2D eigenvalue weighted by molar-refractivity contribution is 5.76. The molecule has 0 saturated carbocycles. The lowest BCUT2D eigenvalue weighted by atomic mass is 9.97. The molecule has 21 heavy (non-hydrogen) atoms. The molecule has 2 aromatic rings. The van der Waals surface area contributed by atoms with Crippen molar-refractivity contribution in [3.8, 4) is 5.88 Å². The quantitative estimate of drug-likeness (QED) is 0.887. The van der Waals surface area contributed by atoms with Crippen LogP contribution in [0.15, 0.2) is 48.7 Å². The van der Waals surface area contributed by atoms with E-state index in [2.05, 4.69) is 17.2 Å². The average molecular weight is 284 g/mol. The number of aromatic nitrogens is 1. The van der Waals surface area contributed by atoms with Crippen molar-refractivity contribution >= 4 is 5.91 Å². The molecule has 1 atom stereocenters. The van der Waals surface area contributed by atoms with Crippen molar-refractivity contribution in [3.63, 3.8) is 0 Å². The molecular weight excluding hydrogens is 264 g/mol. The Morgan fingerprint density at radius 3 is 2.71 bits per heavy atom. The Kier molecular flexibility index (Phi) is 5.32. The van der Waals surface area contributed by atoms with Crippen LogP contribution in [-0.4, -0.2) is 18.0 Å². The van der Waals surface area contributed by atoms with Gasteiger partial charge in [-0.25, -0.2) is 4.98 Å². The third-order valence-electron chi connectivity index (χ3n) is 3.38. The first-order valence-electron chi connectivity index (χ1n) is 7.00. The summed E-state index contributed by atoms with van der Waals surface area (Å²) in [5.41, 5.74) is 2.05. The molecule has 0 aliphatic heterocycles. The first-order chi connectivity index (χ1) is 10.2. The number of carbonyl (C=O) groups excluding carboxylic acids is 1. The van der Waals surface area contributed by atoms with Gasteiger partial charge in [-0.2, -0.15) is 0 Å². The fourth-order valence-corrected chi connectivity index (χ4v) is 2.19. The summed E-state index contributed by atoms with van der Waals surface area (Å²) in [5.74, 6) is 0.771. The Morgan fingerprint density at radius 2 is 2.00 bits per heavy atom. The van der Waals surface area contributed by atoms with Gasteiger partial charge in [0.25, 0.3) is 0 Å². The molecule has 0 saturated heterocycles. The molecule has 1 heterocycles. The van der Waals surface area contributed by atoms with Crippen LogP contribution in [0.1, 0.15) is 30.4 Å². The number of hydrogen-bond donors (Lipinski definition) is 1. The van der Waals surface area contributed by atoms with Gasteiger partial charge in [0, 0.05) is 24.7 Å². The molecule has 110 valence electrons. The zero-order chi connectivity index (χ0) is 15.1. The lowest BCUT2D eigenvalue weighted by Crippen LogP contribution is -2.24. The van der Waals surface area contributed by atoms with Gasteiger partial charge >= 0.3 is 0 Å². The van der Waals surface area contributed by atoms with Crippen LogP contribution in [-0.2, 0) is 11.3 Å². The molecule has 0 bridgehead atoms. The van der Waals surface area contributed by atoms with Crippen LogP contribution in [0.25, 0.3) is 0 Å². The van der Waals surface area contributed by atoms with Crippen LogP contribution in [0.3, 0.4) is 0 Å². The third-order valence-corrected chi connectivity index (χ3v) is 3.38. The fourth-order valence-electron chi connectivity index (χ4n) is 2.19. The van der Waals surface area contributed by atoms with Crippen molar-refractivity contribution in [2.24, 2.45) is 0 Å². The van der Waals surface area contributed by atoms with Crippen LogP contribution < -0.4 is 10.1 Å². The minimum Gasteiger partial charge on any atom is -0.481 e. The Morgan fingerprint density at radius 1 is 1.24 bits per heavy atom. The van der Waals surface area contributed by atoms with Gasteiger partial charge in [0.15, 0.2) is 0 Å². The molecule has 0 spiro atoms. The molecule has 1 amide bonds. The molecule has 0 aliphatic rings. The second-order valence-electron chi connectivity index (χ2n) is 4.96. The van der Waals surface area contributed by atoms with Crippen molar-refractivity contribution in [3.05, 3.63) is 59.8 Å². The Bertz CT molecular complexity index is 584. The number of carbonyl (C=O) groups is 1. The van der Waals surface area contributed by atoms with E-state index < -0.39 is 0 Å².